The van der Waals surface area contributed by atoms with E-state index in [4.69, 9.17) is 16.3 Å². The van der Waals surface area contributed by atoms with Crippen molar-refractivity contribution in [2.24, 2.45) is 0 Å². The standard InChI is InChI=1S/C14H18ClFN2O2/c1-9(14(19)18-8-11-3-2-6-17-11)20-13-5-4-10(16)7-12(13)15/h4-5,7,9,11,17H,2-3,6,8H2,1H3,(H,18,19). The highest BCUT2D eigenvalue weighted by atomic mass is 35.5. The molecule has 0 bridgehead atoms. The summed E-state index contributed by atoms with van der Waals surface area (Å²) in [6.07, 6.45) is 1.52. The smallest absolute Gasteiger partial charge is 0.260 e. The molecule has 0 saturated carbocycles. The molecule has 1 amide bonds. The van der Waals surface area contributed by atoms with Crippen molar-refractivity contribution in [3.63, 3.8) is 0 Å². The third-order valence-electron chi connectivity index (χ3n) is 3.25. The molecule has 2 unspecified atom stereocenters. The van der Waals surface area contributed by atoms with Gasteiger partial charge < -0.3 is 15.4 Å². The van der Waals surface area contributed by atoms with Gasteiger partial charge in [0.1, 0.15) is 11.6 Å². The monoisotopic (exact) mass is 300 g/mol. The summed E-state index contributed by atoms with van der Waals surface area (Å²) in [5.41, 5.74) is 0. The van der Waals surface area contributed by atoms with E-state index in [1.165, 1.54) is 12.1 Å². The SMILES string of the molecule is CC(Oc1ccc(F)cc1Cl)C(=O)NCC1CCCN1. The van der Waals surface area contributed by atoms with Crippen LogP contribution >= 0.6 is 11.6 Å². The maximum absolute atomic E-state index is 12.9. The zero-order valence-corrected chi connectivity index (χ0v) is 12.0. The first kappa shape index (κ1) is 15.1. The summed E-state index contributed by atoms with van der Waals surface area (Å²) in [6, 6.07) is 4.15. The van der Waals surface area contributed by atoms with Gasteiger partial charge in [-0.1, -0.05) is 11.6 Å². The fourth-order valence-corrected chi connectivity index (χ4v) is 2.32. The minimum atomic E-state index is -0.681. The molecule has 2 rings (SSSR count). The first-order valence-electron chi connectivity index (χ1n) is 6.69. The molecule has 2 N–H and O–H groups in total. The Hall–Kier alpha value is -1.33. The van der Waals surface area contributed by atoms with Crippen LogP contribution in [0.1, 0.15) is 19.8 Å². The lowest BCUT2D eigenvalue weighted by atomic mass is 10.2. The van der Waals surface area contributed by atoms with Crippen molar-refractivity contribution in [3.05, 3.63) is 29.0 Å². The van der Waals surface area contributed by atoms with Crippen LogP contribution in [0.5, 0.6) is 5.75 Å². The average Bonchev–Trinajstić information content (AvgIpc) is 2.92. The molecule has 0 aliphatic carbocycles. The topological polar surface area (TPSA) is 50.4 Å². The van der Waals surface area contributed by atoms with Crippen LogP contribution in [0.15, 0.2) is 18.2 Å². The molecule has 0 spiro atoms. The Kier molecular flexibility index (Phi) is 5.20. The van der Waals surface area contributed by atoms with Gasteiger partial charge in [0.15, 0.2) is 6.10 Å². The molecule has 20 heavy (non-hydrogen) atoms. The van der Waals surface area contributed by atoms with Gasteiger partial charge in [0, 0.05) is 12.6 Å². The van der Waals surface area contributed by atoms with Crippen LogP contribution in [-0.2, 0) is 4.79 Å². The number of carbonyl (C=O) groups is 1. The number of benzene rings is 1. The fourth-order valence-electron chi connectivity index (χ4n) is 2.11. The van der Waals surface area contributed by atoms with E-state index in [0.29, 0.717) is 18.3 Å². The normalized spacial score (nSPS) is 19.6. The maximum atomic E-state index is 12.9. The Morgan fingerprint density at radius 3 is 3.10 bits per heavy atom. The predicted octanol–water partition coefficient (Wildman–Crippen LogP) is 2.11. The van der Waals surface area contributed by atoms with E-state index in [-0.39, 0.29) is 10.9 Å². The van der Waals surface area contributed by atoms with Crippen molar-refractivity contribution in [1.29, 1.82) is 0 Å². The summed E-state index contributed by atoms with van der Waals surface area (Å²) >= 11 is 5.85. The number of halogens is 2. The number of hydrogen-bond acceptors (Lipinski definition) is 3. The van der Waals surface area contributed by atoms with Gasteiger partial charge in [0.25, 0.3) is 5.91 Å². The van der Waals surface area contributed by atoms with Gasteiger partial charge in [-0.05, 0) is 44.5 Å². The highest BCUT2D eigenvalue weighted by molar-refractivity contribution is 6.32. The Morgan fingerprint density at radius 2 is 2.45 bits per heavy atom. The Labute approximate surface area is 122 Å². The van der Waals surface area contributed by atoms with Crippen LogP contribution in [0.3, 0.4) is 0 Å². The summed E-state index contributed by atoms with van der Waals surface area (Å²) in [7, 11) is 0. The predicted molar refractivity (Wildman–Crippen MR) is 75.5 cm³/mol. The van der Waals surface area contributed by atoms with Gasteiger partial charge in [-0.2, -0.15) is 0 Å². The lowest BCUT2D eigenvalue weighted by molar-refractivity contribution is -0.127. The average molecular weight is 301 g/mol. The summed E-state index contributed by atoms with van der Waals surface area (Å²) in [6.45, 7) is 3.22. The first-order chi connectivity index (χ1) is 9.56. The summed E-state index contributed by atoms with van der Waals surface area (Å²) in [5.74, 6) is -0.347. The van der Waals surface area contributed by atoms with Crippen LogP contribution in [0.2, 0.25) is 5.02 Å². The van der Waals surface area contributed by atoms with E-state index in [1.54, 1.807) is 6.92 Å². The van der Waals surface area contributed by atoms with E-state index in [9.17, 15) is 9.18 Å². The number of amides is 1. The number of carbonyl (C=O) groups excluding carboxylic acids is 1. The van der Waals surface area contributed by atoms with Crippen molar-refractivity contribution < 1.29 is 13.9 Å². The number of ether oxygens (including phenoxy) is 1. The van der Waals surface area contributed by atoms with E-state index in [0.717, 1.165) is 25.5 Å². The molecule has 110 valence electrons. The zero-order chi connectivity index (χ0) is 14.5. The molecule has 2 atom stereocenters. The summed E-state index contributed by atoms with van der Waals surface area (Å²) in [5, 5.41) is 6.28. The Balaban J connectivity index is 1.83. The minimum absolute atomic E-state index is 0.155. The van der Waals surface area contributed by atoms with Crippen LogP contribution in [0.25, 0.3) is 0 Å². The molecule has 1 aromatic carbocycles. The lowest BCUT2D eigenvalue weighted by Gasteiger charge is -2.17. The molecule has 0 radical (unpaired) electrons. The van der Waals surface area contributed by atoms with Crippen LogP contribution in [0.4, 0.5) is 4.39 Å². The molecule has 0 aromatic heterocycles. The van der Waals surface area contributed by atoms with E-state index < -0.39 is 11.9 Å². The van der Waals surface area contributed by atoms with Gasteiger partial charge in [0.05, 0.1) is 5.02 Å². The minimum Gasteiger partial charge on any atom is -0.479 e. The highest BCUT2D eigenvalue weighted by Crippen LogP contribution is 2.25. The van der Waals surface area contributed by atoms with E-state index >= 15 is 0 Å². The first-order valence-corrected chi connectivity index (χ1v) is 7.07. The third kappa shape index (κ3) is 4.08. The number of nitrogens with one attached hydrogen (secondary N) is 2. The Morgan fingerprint density at radius 1 is 1.65 bits per heavy atom. The summed E-state index contributed by atoms with van der Waals surface area (Å²) in [4.78, 5) is 11.9. The molecule has 1 fully saturated rings. The molecule has 6 heteroatoms. The molecule has 4 nitrogen and oxygen atoms in total. The zero-order valence-electron chi connectivity index (χ0n) is 11.3. The van der Waals surface area contributed by atoms with Crippen molar-refractivity contribution in [3.8, 4) is 5.75 Å². The molecule has 1 aliphatic heterocycles. The molecule has 1 saturated heterocycles. The molecular weight excluding hydrogens is 283 g/mol. The van der Waals surface area contributed by atoms with Gasteiger partial charge in [-0.25, -0.2) is 4.39 Å². The number of hydrogen-bond donors (Lipinski definition) is 2. The molecular formula is C14H18ClFN2O2. The van der Waals surface area contributed by atoms with Crippen molar-refractivity contribution in [2.45, 2.75) is 31.9 Å². The van der Waals surface area contributed by atoms with E-state index in [2.05, 4.69) is 10.6 Å². The second-order valence-corrected chi connectivity index (χ2v) is 5.28. The summed E-state index contributed by atoms with van der Waals surface area (Å²) < 4.78 is 18.4. The second-order valence-electron chi connectivity index (χ2n) is 4.87. The maximum Gasteiger partial charge on any atom is 0.260 e. The largest absolute Gasteiger partial charge is 0.479 e. The van der Waals surface area contributed by atoms with Crippen molar-refractivity contribution in [2.75, 3.05) is 13.1 Å². The molecule has 1 aliphatic rings. The lowest BCUT2D eigenvalue weighted by Crippen LogP contribution is -2.42. The highest BCUT2D eigenvalue weighted by Gasteiger charge is 2.19. The second kappa shape index (κ2) is 6.90. The Bertz CT molecular complexity index is 478. The van der Waals surface area contributed by atoms with Crippen molar-refractivity contribution >= 4 is 17.5 Å². The van der Waals surface area contributed by atoms with Gasteiger partial charge in [-0.3, -0.25) is 4.79 Å². The quantitative estimate of drug-likeness (QED) is 0.876. The van der Waals surface area contributed by atoms with Crippen molar-refractivity contribution in [1.82, 2.24) is 10.6 Å². The van der Waals surface area contributed by atoms with Crippen LogP contribution in [0, 0.1) is 5.82 Å². The third-order valence-corrected chi connectivity index (χ3v) is 3.55. The van der Waals surface area contributed by atoms with E-state index in [1.807, 2.05) is 0 Å². The fraction of sp³-hybridized carbons (Fsp3) is 0.500. The number of rotatable bonds is 5. The molecule has 1 heterocycles. The van der Waals surface area contributed by atoms with Crippen LogP contribution in [-0.4, -0.2) is 31.1 Å². The van der Waals surface area contributed by atoms with Gasteiger partial charge in [0.2, 0.25) is 0 Å². The van der Waals surface area contributed by atoms with Crippen LogP contribution < -0.4 is 15.4 Å². The van der Waals surface area contributed by atoms with Gasteiger partial charge >= 0.3 is 0 Å². The van der Waals surface area contributed by atoms with Gasteiger partial charge in [-0.15, -0.1) is 0 Å². The molecule has 1 aromatic rings.